The standard InChI is InChI=1S/C20H26N2O5S/c1-19(2,3)22-8-5-7-20-14(13-12(28-20)6-4-11-27-18(13)26)16(24)21(9-10-23)15(20)17(22)25/h4-7,12-15,23H,8-11H2,1-3H3/t12-,13+,14+,15?,20+/m1/s1. The predicted octanol–water partition coefficient (Wildman–Crippen LogP) is 0.586. The number of carbonyl (C=O) groups is 3. The summed E-state index contributed by atoms with van der Waals surface area (Å²) >= 11 is 1.51. The van der Waals surface area contributed by atoms with Crippen molar-refractivity contribution in [1.82, 2.24) is 9.80 Å². The van der Waals surface area contributed by atoms with Crippen LogP contribution in [0.25, 0.3) is 0 Å². The van der Waals surface area contributed by atoms with Crippen molar-refractivity contribution >= 4 is 29.5 Å². The van der Waals surface area contributed by atoms with Crippen LogP contribution in [0.4, 0.5) is 0 Å². The van der Waals surface area contributed by atoms with Gasteiger partial charge in [-0.15, -0.1) is 11.8 Å². The number of thioether (sulfide) groups is 1. The van der Waals surface area contributed by atoms with Gasteiger partial charge in [0.05, 0.1) is 23.2 Å². The number of fused-ring (bicyclic) bond motifs is 2. The number of amides is 2. The third kappa shape index (κ3) is 2.64. The molecular weight excluding hydrogens is 380 g/mol. The van der Waals surface area contributed by atoms with Crippen LogP contribution in [0, 0.1) is 11.8 Å². The van der Waals surface area contributed by atoms with Crippen molar-refractivity contribution in [2.75, 3.05) is 26.3 Å². The maximum Gasteiger partial charge on any atom is 0.311 e. The number of carbonyl (C=O) groups excluding carboxylic acids is 3. The summed E-state index contributed by atoms with van der Waals surface area (Å²) in [4.78, 5) is 43.0. The van der Waals surface area contributed by atoms with E-state index in [1.165, 1.54) is 16.7 Å². The van der Waals surface area contributed by atoms with Crippen molar-refractivity contribution < 1.29 is 24.2 Å². The van der Waals surface area contributed by atoms with Crippen molar-refractivity contribution in [3.05, 3.63) is 24.3 Å². The normalized spacial score (nSPS) is 37.4. The summed E-state index contributed by atoms with van der Waals surface area (Å²) in [7, 11) is 0. The maximum absolute atomic E-state index is 13.7. The average Bonchev–Trinajstić information content (AvgIpc) is 2.89. The fourth-order valence-corrected chi connectivity index (χ4v) is 6.92. The smallest absolute Gasteiger partial charge is 0.311 e. The molecule has 0 aromatic heterocycles. The van der Waals surface area contributed by atoms with E-state index in [1.54, 1.807) is 4.90 Å². The second-order valence-electron chi connectivity index (χ2n) is 8.68. The minimum absolute atomic E-state index is 0.0716. The molecule has 4 aliphatic rings. The highest BCUT2D eigenvalue weighted by atomic mass is 32.2. The van der Waals surface area contributed by atoms with Crippen LogP contribution < -0.4 is 0 Å². The van der Waals surface area contributed by atoms with Gasteiger partial charge >= 0.3 is 5.97 Å². The molecule has 0 bridgehead atoms. The van der Waals surface area contributed by atoms with E-state index in [9.17, 15) is 19.5 Å². The molecular formula is C20H26N2O5S. The number of rotatable bonds is 2. The van der Waals surface area contributed by atoms with Crippen LogP contribution in [0.5, 0.6) is 0 Å². The van der Waals surface area contributed by atoms with E-state index in [0.29, 0.717) is 6.54 Å². The van der Waals surface area contributed by atoms with Crippen LogP contribution in [-0.4, -0.2) is 80.6 Å². The third-order valence-corrected chi connectivity index (χ3v) is 7.81. The van der Waals surface area contributed by atoms with Gasteiger partial charge in [-0.05, 0) is 20.8 Å². The summed E-state index contributed by atoms with van der Waals surface area (Å²) in [6.45, 7) is 6.39. The summed E-state index contributed by atoms with van der Waals surface area (Å²) < 4.78 is 4.47. The second kappa shape index (κ2) is 6.62. The molecule has 0 radical (unpaired) electrons. The SMILES string of the molecule is CC(C)(C)N1CC=C[C@]23S[C@@H]4C=CCOC(=O)[C@@H]4[C@H]2C(=O)N(CCO)C3C1=O. The third-order valence-electron chi connectivity index (χ3n) is 6.06. The molecule has 2 fully saturated rings. The summed E-state index contributed by atoms with van der Waals surface area (Å²) in [5.74, 6) is -2.07. The molecule has 8 heteroatoms. The minimum atomic E-state index is -0.834. The molecule has 1 spiro atoms. The van der Waals surface area contributed by atoms with Crippen LogP contribution in [0.2, 0.25) is 0 Å². The molecule has 0 aliphatic carbocycles. The van der Waals surface area contributed by atoms with Crippen molar-refractivity contribution in [1.29, 1.82) is 0 Å². The summed E-state index contributed by atoms with van der Waals surface area (Å²) in [5, 5.41) is 9.35. The number of hydrogen-bond acceptors (Lipinski definition) is 6. The highest BCUT2D eigenvalue weighted by Crippen LogP contribution is 2.60. The molecule has 0 aromatic rings. The van der Waals surface area contributed by atoms with Gasteiger partial charge < -0.3 is 19.6 Å². The monoisotopic (exact) mass is 406 g/mol. The van der Waals surface area contributed by atoms with E-state index in [0.717, 1.165) is 0 Å². The zero-order valence-electron chi connectivity index (χ0n) is 16.3. The van der Waals surface area contributed by atoms with Gasteiger partial charge in [0.25, 0.3) is 0 Å². The number of cyclic esters (lactones) is 1. The molecule has 152 valence electrons. The van der Waals surface area contributed by atoms with Gasteiger partial charge in [-0.3, -0.25) is 14.4 Å². The molecule has 2 amide bonds. The van der Waals surface area contributed by atoms with Crippen LogP contribution in [-0.2, 0) is 19.1 Å². The fraction of sp³-hybridized carbons (Fsp3) is 0.650. The Labute approximate surface area is 168 Å². The summed E-state index contributed by atoms with van der Waals surface area (Å²) in [5.41, 5.74) is -0.411. The first-order chi connectivity index (χ1) is 13.2. The van der Waals surface area contributed by atoms with E-state index < -0.39 is 28.2 Å². The molecule has 1 unspecified atom stereocenters. The number of ether oxygens (including phenoxy) is 1. The largest absolute Gasteiger partial charge is 0.461 e. The highest BCUT2D eigenvalue weighted by Gasteiger charge is 2.71. The van der Waals surface area contributed by atoms with Gasteiger partial charge in [0, 0.05) is 23.9 Å². The Balaban J connectivity index is 1.85. The van der Waals surface area contributed by atoms with Gasteiger partial charge in [0.2, 0.25) is 11.8 Å². The Kier molecular flexibility index (Phi) is 4.62. The lowest BCUT2D eigenvalue weighted by Crippen LogP contribution is -2.57. The number of aliphatic hydroxyl groups excluding tert-OH is 1. The minimum Gasteiger partial charge on any atom is -0.461 e. The molecule has 5 atom stereocenters. The first-order valence-corrected chi connectivity index (χ1v) is 10.5. The lowest BCUT2D eigenvalue weighted by Gasteiger charge is -2.40. The van der Waals surface area contributed by atoms with E-state index in [1.807, 2.05) is 45.1 Å². The van der Waals surface area contributed by atoms with Crippen LogP contribution in [0.15, 0.2) is 24.3 Å². The van der Waals surface area contributed by atoms with E-state index in [-0.39, 0.29) is 42.8 Å². The first-order valence-electron chi connectivity index (χ1n) is 9.64. The Morgan fingerprint density at radius 3 is 2.68 bits per heavy atom. The number of nitrogens with zero attached hydrogens (tertiary/aromatic N) is 2. The summed E-state index contributed by atoms with van der Waals surface area (Å²) in [6, 6.07) is -0.742. The van der Waals surface area contributed by atoms with Crippen LogP contribution >= 0.6 is 11.8 Å². The molecule has 1 N–H and O–H groups in total. The number of esters is 1. The van der Waals surface area contributed by atoms with Gasteiger partial charge in [-0.2, -0.15) is 0 Å². The number of aliphatic hydroxyl groups is 1. The second-order valence-corrected chi connectivity index (χ2v) is 10.2. The average molecular weight is 407 g/mol. The number of hydrogen-bond donors (Lipinski definition) is 1. The number of β-amino-alcohol motifs (C(OH)–C–C–N with tert-alkyl or cyclic N) is 1. The maximum atomic E-state index is 13.7. The lowest BCUT2D eigenvalue weighted by atomic mass is 9.78. The number of likely N-dealkylation sites (tertiary alicyclic amines) is 1. The topological polar surface area (TPSA) is 87.2 Å². The van der Waals surface area contributed by atoms with E-state index >= 15 is 0 Å². The first kappa shape index (κ1) is 19.5. The van der Waals surface area contributed by atoms with Crippen molar-refractivity contribution in [2.45, 2.75) is 42.3 Å². The zero-order valence-corrected chi connectivity index (χ0v) is 17.1. The van der Waals surface area contributed by atoms with E-state index in [4.69, 9.17) is 4.74 Å². The van der Waals surface area contributed by atoms with E-state index in [2.05, 4.69) is 0 Å². The molecule has 0 aromatic carbocycles. The van der Waals surface area contributed by atoms with Crippen molar-refractivity contribution in [3.63, 3.8) is 0 Å². The Bertz CT molecular complexity index is 773. The lowest BCUT2D eigenvalue weighted by molar-refractivity contribution is -0.151. The molecule has 7 nitrogen and oxygen atoms in total. The molecule has 4 heterocycles. The van der Waals surface area contributed by atoms with Crippen LogP contribution in [0.3, 0.4) is 0 Å². The molecule has 4 aliphatic heterocycles. The highest BCUT2D eigenvalue weighted by molar-refractivity contribution is 8.02. The van der Waals surface area contributed by atoms with Gasteiger partial charge in [0.15, 0.2) is 0 Å². The Morgan fingerprint density at radius 1 is 1.25 bits per heavy atom. The quantitative estimate of drug-likeness (QED) is 0.533. The Hall–Kier alpha value is -1.80. The Morgan fingerprint density at radius 2 is 2.00 bits per heavy atom. The van der Waals surface area contributed by atoms with Gasteiger partial charge in [-0.25, -0.2) is 0 Å². The molecule has 2 saturated heterocycles. The molecule has 4 rings (SSSR count). The molecule has 0 saturated carbocycles. The van der Waals surface area contributed by atoms with Gasteiger partial charge in [-0.1, -0.05) is 24.3 Å². The van der Waals surface area contributed by atoms with Crippen molar-refractivity contribution in [3.8, 4) is 0 Å². The van der Waals surface area contributed by atoms with Gasteiger partial charge in [0.1, 0.15) is 12.6 Å². The molecule has 28 heavy (non-hydrogen) atoms. The van der Waals surface area contributed by atoms with Crippen LogP contribution in [0.1, 0.15) is 20.8 Å². The van der Waals surface area contributed by atoms with Crippen molar-refractivity contribution in [2.24, 2.45) is 11.8 Å². The summed E-state index contributed by atoms with van der Waals surface area (Å²) in [6.07, 6.45) is 7.64. The fourth-order valence-electron chi connectivity index (χ4n) is 4.92. The predicted molar refractivity (Wildman–Crippen MR) is 104 cm³/mol. The zero-order chi connectivity index (χ0) is 20.3.